The molecule has 3 rings (SSSR count). The number of nitrogens with zero attached hydrogens (tertiary/aromatic N) is 4. The first-order valence-corrected chi connectivity index (χ1v) is 9.18. The minimum absolute atomic E-state index is 0.138. The Kier molecular flexibility index (Phi) is 6.01. The number of amides is 1. The van der Waals surface area contributed by atoms with Crippen LogP contribution in [0.3, 0.4) is 0 Å². The van der Waals surface area contributed by atoms with Gasteiger partial charge in [-0.2, -0.15) is 0 Å². The Hall–Kier alpha value is -2.24. The molecule has 0 radical (unpaired) electrons. The lowest BCUT2D eigenvalue weighted by Crippen LogP contribution is -2.48. The third-order valence-electron chi connectivity index (χ3n) is 4.90. The molecule has 5 heteroatoms. The zero-order valence-electron chi connectivity index (χ0n) is 16.0. The number of aryl methyl sites for hydroxylation is 1. The van der Waals surface area contributed by atoms with Crippen LogP contribution in [0, 0.1) is 6.92 Å². The van der Waals surface area contributed by atoms with Gasteiger partial charge in [-0.3, -0.25) is 14.7 Å². The van der Waals surface area contributed by atoms with Crippen LogP contribution in [0.2, 0.25) is 0 Å². The summed E-state index contributed by atoms with van der Waals surface area (Å²) in [5, 5.41) is 0. The highest BCUT2D eigenvalue weighted by molar-refractivity contribution is 5.94. The van der Waals surface area contributed by atoms with Gasteiger partial charge in [-0.15, -0.1) is 0 Å². The molecule has 1 saturated heterocycles. The van der Waals surface area contributed by atoms with Gasteiger partial charge in [-0.25, -0.2) is 0 Å². The molecule has 0 saturated carbocycles. The maximum atomic E-state index is 12.7. The van der Waals surface area contributed by atoms with E-state index in [1.807, 2.05) is 43.5 Å². The number of pyridine rings is 1. The normalized spacial score (nSPS) is 15.5. The minimum atomic E-state index is 0.138. The van der Waals surface area contributed by atoms with E-state index in [0.29, 0.717) is 0 Å². The van der Waals surface area contributed by atoms with Gasteiger partial charge in [0.05, 0.1) is 0 Å². The number of benzene rings is 1. The summed E-state index contributed by atoms with van der Waals surface area (Å²) in [6, 6.07) is 10.1. The number of piperazine rings is 1. The quantitative estimate of drug-likeness (QED) is 0.828. The van der Waals surface area contributed by atoms with Gasteiger partial charge in [-0.1, -0.05) is 12.1 Å². The fraction of sp³-hybridized carbons (Fsp3) is 0.429. The van der Waals surface area contributed by atoms with Gasteiger partial charge >= 0.3 is 0 Å². The Morgan fingerprint density at radius 1 is 1.08 bits per heavy atom. The molecule has 0 bridgehead atoms. The van der Waals surface area contributed by atoms with Crippen molar-refractivity contribution in [1.29, 1.82) is 0 Å². The largest absolute Gasteiger partial charge is 0.336 e. The molecule has 26 heavy (non-hydrogen) atoms. The summed E-state index contributed by atoms with van der Waals surface area (Å²) in [5.41, 5.74) is 4.55. The molecule has 0 atom stereocenters. The maximum Gasteiger partial charge on any atom is 0.253 e. The average Bonchev–Trinajstić information content (AvgIpc) is 2.64. The van der Waals surface area contributed by atoms with E-state index >= 15 is 0 Å². The zero-order valence-corrected chi connectivity index (χ0v) is 16.0. The lowest BCUT2D eigenvalue weighted by Gasteiger charge is -2.35. The molecule has 1 amide bonds. The van der Waals surface area contributed by atoms with Gasteiger partial charge in [0, 0.05) is 57.2 Å². The highest BCUT2D eigenvalue weighted by Crippen LogP contribution is 2.14. The van der Waals surface area contributed by atoms with E-state index in [1.54, 1.807) is 0 Å². The van der Waals surface area contributed by atoms with E-state index < -0.39 is 0 Å². The van der Waals surface area contributed by atoms with Crippen molar-refractivity contribution in [2.45, 2.75) is 20.0 Å². The van der Waals surface area contributed by atoms with Gasteiger partial charge < -0.3 is 9.80 Å². The van der Waals surface area contributed by atoms with Crippen LogP contribution in [0.15, 0.2) is 42.7 Å². The Balaban J connectivity index is 1.54. The molecule has 1 aliphatic rings. The SMILES string of the molecule is Cc1ccncc1CN1CCN(C(=O)c2ccc(CN(C)C)cc2)CC1. The van der Waals surface area contributed by atoms with E-state index in [1.165, 1.54) is 16.7 Å². The summed E-state index contributed by atoms with van der Waals surface area (Å²) in [5.74, 6) is 0.138. The number of hydrogen-bond donors (Lipinski definition) is 0. The van der Waals surface area contributed by atoms with Gasteiger partial charge in [0.25, 0.3) is 5.91 Å². The van der Waals surface area contributed by atoms with Crippen LogP contribution in [0.1, 0.15) is 27.0 Å². The molecule has 0 unspecified atom stereocenters. The fourth-order valence-electron chi connectivity index (χ4n) is 3.31. The lowest BCUT2D eigenvalue weighted by molar-refractivity contribution is 0.0628. The zero-order chi connectivity index (χ0) is 18.5. The molecule has 1 aromatic heterocycles. The summed E-state index contributed by atoms with van der Waals surface area (Å²) in [4.78, 5) is 23.5. The van der Waals surface area contributed by atoms with Crippen LogP contribution >= 0.6 is 0 Å². The molecule has 5 nitrogen and oxygen atoms in total. The van der Waals surface area contributed by atoms with E-state index in [2.05, 4.69) is 39.9 Å². The average molecular weight is 352 g/mol. The lowest BCUT2D eigenvalue weighted by atomic mass is 10.1. The molecular weight excluding hydrogens is 324 g/mol. The molecule has 1 aliphatic heterocycles. The molecule has 2 aromatic rings. The molecular formula is C21H28N4O. The highest BCUT2D eigenvalue weighted by Gasteiger charge is 2.22. The predicted molar refractivity (Wildman–Crippen MR) is 104 cm³/mol. The monoisotopic (exact) mass is 352 g/mol. The fourth-order valence-corrected chi connectivity index (χ4v) is 3.31. The Morgan fingerprint density at radius 2 is 1.77 bits per heavy atom. The van der Waals surface area contributed by atoms with E-state index in [0.717, 1.165) is 44.8 Å². The number of aromatic nitrogens is 1. The Labute approximate surface area is 156 Å². The number of carbonyl (C=O) groups excluding carboxylic acids is 1. The second-order valence-corrected chi connectivity index (χ2v) is 7.31. The third-order valence-corrected chi connectivity index (χ3v) is 4.90. The van der Waals surface area contributed by atoms with Crippen LogP contribution in [-0.2, 0) is 13.1 Å². The summed E-state index contributed by atoms with van der Waals surface area (Å²) >= 11 is 0. The van der Waals surface area contributed by atoms with Crippen molar-refractivity contribution in [3.05, 3.63) is 65.0 Å². The maximum absolute atomic E-state index is 12.7. The van der Waals surface area contributed by atoms with E-state index in [9.17, 15) is 4.79 Å². The van der Waals surface area contributed by atoms with Crippen molar-refractivity contribution in [3.63, 3.8) is 0 Å². The summed E-state index contributed by atoms with van der Waals surface area (Å²) < 4.78 is 0. The van der Waals surface area contributed by atoms with Gasteiger partial charge in [0.15, 0.2) is 0 Å². The first-order valence-electron chi connectivity index (χ1n) is 9.18. The standard InChI is InChI=1S/C21H28N4O/c1-17-8-9-22-14-20(17)16-24-10-12-25(13-11-24)21(26)19-6-4-18(5-7-19)15-23(2)3/h4-9,14H,10-13,15-16H2,1-3H3. The van der Waals surface area contributed by atoms with Crippen LogP contribution in [0.5, 0.6) is 0 Å². The Bertz CT molecular complexity index is 734. The van der Waals surface area contributed by atoms with Crippen LogP contribution < -0.4 is 0 Å². The van der Waals surface area contributed by atoms with Gasteiger partial charge in [0.1, 0.15) is 0 Å². The molecule has 138 valence electrons. The molecule has 1 fully saturated rings. The van der Waals surface area contributed by atoms with Gasteiger partial charge in [0.2, 0.25) is 0 Å². The molecule has 0 spiro atoms. The number of rotatable bonds is 5. The van der Waals surface area contributed by atoms with Crippen LogP contribution in [-0.4, -0.2) is 65.9 Å². The summed E-state index contributed by atoms with van der Waals surface area (Å²) in [6.07, 6.45) is 3.78. The molecule has 0 N–H and O–H groups in total. The van der Waals surface area contributed by atoms with Crippen molar-refractivity contribution in [3.8, 4) is 0 Å². The Morgan fingerprint density at radius 3 is 2.38 bits per heavy atom. The van der Waals surface area contributed by atoms with Crippen molar-refractivity contribution >= 4 is 5.91 Å². The summed E-state index contributed by atoms with van der Waals surface area (Å²) in [7, 11) is 4.09. The van der Waals surface area contributed by atoms with Gasteiger partial charge in [-0.05, 0) is 55.9 Å². The summed E-state index contributed by atoms with van der Waals surface area (Å²) in [6.45, 7) is 7.27. The molecule has 0 aliphatic carbocycles. The third kappa shape index (κ3) is 4.68. The molecule has 1 aromatic carbocycles. The second-order valence-electron chi connectivity index (χ2n) is 7.31. The highest BCUT2D eigenvalue weighted by atomic mass is 16.2. The number of hydrogen-bond acceptors (Lipinski definition) is 4. The first-order chi connectivity index (χ1) is 12.5. The van der Waals surface area contributed by atoms with Crippen molar-refractivity contribution in [2.24, 2.45) is 0 Å². The van der Waals surface area contributed by atoms with Crippen LogP contribution in [0.4, 0.5) is 0 Å². The smallest absolute Gasteiger partial charge is 0.253 e. The molecule has 2 heterocycles. The first kappa shape index (κ1) is 18.5. The minimum Gasteiger partial charge on any atom is -0.336 e. The topological polar surface area (TPSA) is 39.7 Å². The van der Waals surface area contributed by atoms with Crippen molar-refractivity contribution < 1.29 is 4.79 Å². The second kappa shape index (κ2) is 8.43. The van der Waals surface area contributed by atoms with Crippen molar-refractivity contribution in [2.75, 3.05) is 40.3 Å². The predicted octanol–water partition coefficient (Wildman–Crippen LogP) is 2.41. The number of carbonyl (C=O) groups is 1. The van der Waals surface area contributed by atoms with Crippen LogP contribution in [0.25, 0.3) is 0 Å². The van der Waals surface area contributed by atoms with E-state index in [4.69, 9.17) is 0 Å². The van der Waals surface area contributed by atoms with E-state index in [-0.39, 0.29) is 5.91 Å². The van der Waals surface area contributed by atoms with Crippen molar-refractivity contribution in [1.82, 2.24) is 19.7 Å².